The first-order valence-electron chi connectivity index (χ1n) is 6.37. The highest BCUT2D eigenvalue weighted by atomic mass is 16.7. The van der Waals surface area contributed by atoms with E-state index in [0.29, 0.717) is 16.6 Å². The van der Waals surface area contributed by atoms with Gasteiger partial charge in [0.25, 0.3) is 0 Å². The van der Waals surface area contributed by atoms with E-state index in [1.807, 2.05) is 33.8 Å². The van der Waals surface area contributed by atoms with E-state index < -0.39 is 24.2 Å². The second-order valence-electron chi connectivity index (χ2n) is 5.87. The van der Waals surface area contributed by atoms with Crippen LogP contribution in [-0.2, 0) is 9.31 Å². The van der Waals surface area contributed by atoms with E-state index in [1.165, 1.54) is 6.07 Å². The first-order chi connectivity index (χ1) is 9.18. The van der Waals surface area contributed by atoms with Crippen LogP contribution in [0.3, 0.4) is 0 Å². The van der Waals surface area contributed by atoms with Gasteiger partial charge in [0.1, 0.15) is 0 Å². The minimum absolute atomic E-state index is 0.308. The Labute approximate surface area is 118 Å². The van der Waals surface area contributed by atoms with Crippen LogP contribution >= 0.6 is 0 Å². The summed E-state index contributed by atoms with van der Waals surface area (Å²) in [5.41, 5.74) is 5.57. The lowest BCUT2D eigenvalue weighted by molar-refractivity contribution is 0.00578. The van der Waals surface area contributed by atoms with Crippen molar-refractivity contribution in [3.8, 4) is 6.07 Å². The molecule has 1 aromatic carbocycles. The number of primary amides is 1. The Balaban J connectivity index is 2.48. The molecule has 1 aliphatic heterocycles. The van der Waals surface area contributed by atoms with Gasteiger partial charge in [-0.05, 0) is 51.4 Å². The Morgan fingerprint density at radius 3 is 2.25 bits per heavy atom. The van der Waals surface area contributed by atoms with Gasteiger partial charge in [-0.1, -0.05) is 0 Å². The summed E-state index contributed by atoms with van der Waals surface area (Å²) in [5.74, 6) is -0.570. The maximum atomic E-state index is 11.5. The Morgan fingerprint density at radius 2 is 1.80 bits per heavy atom. The zero-order chi connectivity index (χ0) is 15.1. The lowest BCUT2D eigenvalue weighted by Gasteiger charge is -2.32. The SMILES string of the molecule is CC1(C)OB(c2cc(C#N)ccc2C(N)=O)OC1(C)C. The van der Waals surface area contributed by atoms with Gasteiger partial charge in [-0.15, -0.1) is 0 Å². The number of carbonyl (C=O) groups is 1. The van der Waals surface area contributed by atoms with Gasteiger partial charge in [-0.25, -0.2) is 0 Å². The zero-order valence-electron chi connectivity index (χ0n) is 12.1. The molecule has 0 spiro atoms. The fourth-order valence-corrected chi connectivity index (χ4v) is 2.02. The molecule has 1 saturated heterocycles. The molecular formula is C14H17BN2O3. The van der Waals surface area contributed by atoms with Crippen LogP contribution in [-0.4, -0.2) is 24.2 Å². The number of benzene rings is 1. The summed E-state index contributed by atoms with van der Waals surface area (Å²) < 4.78 is 11.8. The molecule has 1 aromatic rings. The van der Waals surface area contributed by atoms with E-state index in [9.17, 15) is 4.79 Å². The Hall–Kier alpha value is -1.84. The van der Waals surface area contributed by atoms with Crippen LogP contribution in [0.2, 0.25) is 0 Å². The maximum absolute atomic E-state index is 11.5. The molecule has 20 heavy (non-hydrogen) atoms. The molecule has 0 atom stereocenters. The average Bonchev–Trinajstić information content (AvgIpc) is 2.57. The summed E-state index contributed by atoms with van der Waals surface area (Å²) in [4.78, 5) is 11.5. The van der Waals surface area contributed by atoms with Gasteiger partial charge in [-0.3, -0.25) is 4.79 Å². The van der Waals surface area contributed by atoms with Crippen molar-refractivity contribution in [3.05, 3.63) is 29.3 Å². The van der Waals surface area contributed by atoms with Gasteiger partial charge in [0.2, 0.25) is 5.91 Å². The Bertz CT molecular complexity index is 589. The monoisotopic (exact) mass is 272 g/mol. The molecule has 0 aliphatic carbocycles. The molecule has 104 valence electrons. The number of amides is 1. The molecule has 0 saturated carbocycles. The smallest absolute Gasteiger partial charge is 0.399 e. The van der Waals surface area contributed by atoms with Crippen molar-refractivity contribution in [2.24, 2.45) is 5.73 Å². The molecule has 0 radical (unpaired) electrons. The van der Waals surface area contributed by atoms with E-state index in [1.54, 1.807) is 12.1 Å². The molecule has 2 rings (SSSR count). The molecule has 1 heterocycles. The second kappa shape index (κ2) is 4.62. The normalized spacial score (nSPS) is 19.6. The van der Waals surface area contributed by atoms with Crippen molar-refractivity contribution in [1.82, 2.24) is 0 Å². The maximum Gasteiger partial charge on any atom is 0.495 e. The lowest BCUT2D eigenvalue weighted by atomic mass is 9.75. The molecular weight excluding hydrogens is 255 g/mol. The quantitative estimate of drug-likeness (QED) is 0.812. The predicted octanol–water partition coefficient (Wildman–Crippen LogP) is 0.956. The molecule has 1 aliphatic rings. The van der Waals surface area contributed by atoms with Gasteiger partial charge >= 0.3 is 7.12 Å². The molecule has 0 aromatic heterocycles. The second-order valence-corrected chi connectivity index (χ2v) is 5.87. The van der Waals surface area contributed by atoms with Gasteiger partial charge in [0, 0.05) is 5.56 Å². The Kier molecular flexibility index (Phi) is 3.36. The summed E-state index contributed by atoms with van der Waals surface area (Å²) in [6.45, 7) is 7.69. The average molecular weight is 272 g/mol. The summed E-state index contributed by atoms with van der Waals surface area (Å²) in [6, 6.07) is 6.70. The minimum atomic E-state index is -0.712. The van der Waals surface area contributed by atoms with Crippen LogP contribution in [0.5, 0.6) is 0 Å². The van der Waals surface area contributed by atoms with Crippen molar-refractivity contribution < 1.29 is 14.1 Å². The number of nitriles is 1. The zero-order valence-corrected chi connectivity index (χ0v) is 12.1. The summed E-state index contributed by atoms with van der Waals surface area (Å²) in [7, 11) is -0.712. The highest BCUT2D eigenvalue weighted by molar-refractivity contribution is 6.63. The first kappa shape index (κ1) is 14.6. The number of rotatable bonds is 2. The number of hydrogen-bond acceptors (Lipinski definition) is 4. The molecule has 0 bridgehead atoms. The van der Waals surface area contributed by atoms with Crippen LogP contribution < -0.4 is 11.2 Å². The van der Waals surface area contributed by atoms with Crippen LogP contribution in [0.4, 0.5) is 0 Å². The predicted molar refractivity (Wildman–Crippen MR) is 75.4 cm³/mol. The fourth-order valence-electron chi connectivity index (χ4n) is 2.02. The van der Waals surface area contributed by atoms with Gasteiger partial charge < -0.3 is 15.0 Å². The third kappa shape index (κ3) is 2.30. The summed E-state index contributed by atoms with van der Waals surface area (Å²) in [5, 5.41) is 8.99. The topological polar surface area (TPSA) is 85.3 Å². The Morgan fingerprint density at radius 1 is 1.25 bits per heavy atom. The first-order valence-corrected chi connectivity index (χ1v) is 6.37. The van der Waals surface area contributed by atoms with Crippen LogP contribution in [0, 0.1) is 11.3 Å². The number of nitrogens with two attached hydrogens (primary N) is 1. The van der Waals surface area contributed by atoms with E-state index >= 15 is 0 Å². The number of carbonyl (C=O) groups excluding carboxylic acids is 1. The van der Waals surface area contributed by atoms with E-state index in [-0.39, 0.29) is 0 Å². The van der Waals surface area contributed by atoms with Crippen molar-refractivity contribution in [1.29, 1.82) is 5.26 Å². The third-order valence-corrected chi connectivity index (χ3v) is 3.95. The fraction of sp³-hybridized carbons (Fsp3) is 0.429. The molecule has 0 unspecified atom stereocenters. The lowest BCUT2D eigenvalue weighted by Crippen LogP contribution is -2.41. The van der Waals surface area contributed by atoms with E-state index in [2.05, 4.69) is 0 Å². The van der Waals surface area contributed by atoms with E-state index in [4.69, 9.17) is 20.3 Å². The van der Waals surface area contributed by atoms with Crippen LogP contribution in [0.25, 0.3) is 0 Å². The van der Waals surface area contributed by atoms with Crippen molar-refractivity contribution in [2.45, 2.75) is 38.9 Å². The third-order valence-electron chi connectivity index (χ3n) is 3.95. The van der Waals surface area contributed by atoms with Crippen molar-refractivity contribution >= 4 is 18.5 Å². The van der Waals surface area contributed by atoms with E-state index in [0.717, 1.165) is 0 Å². The highest BCUT2D eigenvalue weighted by Gasteiger charge is 2.52. The van der Waals surface area contributed by atoms with Crippen LogP contribution in [0.1, 0.15) is 43.6 Å². The molecule has 2 N–H and O–H groups in total. The van der Waals surface area contributed by atoms with Gasteiger partial charge in [-0.2, -0.15) is 5.26 Å². The molecule has 1 fully saturated rings. The molecule has 6 heteroatoms. The van der Waals surface area contributed by atoms with Crippen molar-refractivity contribution in [3.63, 3.8) is 0 Å². The van der Waals surface area contributed by atoms with Gasteiger partial charge in [0.15, 0.2) is 0 Å². The standard InChI is InChI=1S/C14H17BN2O3/c1-13(2)14(3,4)20-15(19-13)11-7-9(8-16)5-6-10(11)12(17)18/h5-7H,1-4H3,(H2,17,18). The minimum Gasteiger partial charge on any atom is -0.399 e. The molecule has 5 nitrogen and oxygen atoms in total. The highest BCUT2D eigenvalue weighted by Crippen LogP contribution is 2.36. The summed E-state index contributed by atoms with van der Waals surface area (Å²) in [6.07, 6.45) is 0. The largest absolute Gasteiger partial charge is 0.495 e. The van der Waals surface area contributed by atoms with Crippen molar-refractivity contribution in [2.75, 3.05) is 0 Å². The number of nitrogens with zero attached hydrogens (tertiary/aromatic N) is 1. The van der Waals surface area contributed by atoms with Crippen LogP contribution in [0.15, 0.2) is 18.2 Å². The number of hydrogen-bond donors (Lipinski definition) is 1. The summed E-state index contributed by atoms with van der Waals surface area (Å²) >= 11 is 0. The molecule has 1 amide bonds. The van der Waals surface area contributed by atoms with Gasteiger partial charge in [0.05, 0.1) is 22.8 Å².